The maximum absolute atomic E-state index is 13.4. The van der Waals surface area contributed by atoms with Crippen molar-refractivity contribution in [1.29, 1.82) is 15.8 Å². The number of rotatable bonds is 3. The molecule has 8 nitrogen and oxygen atoms in total. The zero-order valence-corrected chi connectivity index (χ0v) is 19.6. The Bertz CT molecular complexity index is 1940. The number of carbonyl (C=O) groups excluding carboxylic acids is 1. The monoisotopic (exact) mass is 490 g/mol. The number of carbonyl (C=O) groups is 1. The van der Waals surface area contributed by atoms with E-state index in [0.29, 0.717) is 39.6 Å². The molecule has 0 radical (unpaired) electrons. The molecule has 1 aliphatic carbocycles. The number of hydrogen-bond acceptors (Lipinski definition) is 7. The van der Waals surface area contributed by atoms with Gasteiger partial charge in [-0.1, -0.05) is 42.5 Å². The Kier molecular flexibility index (Phi) is 5.24. The van der Waals surface area contributed by atoms with Crippen LogP contribution in [0.1, 0.15) is 27.3 Å². The molecule has 0 bridgehead atoms. The zero-order valence-electron chi connectivity index (χ0n) is 19.6. The molecule has 1 aliphatic rings. The second-order valence-corrected chi connectivity index (χ2v) is 8.38. The van der Waals surface area contributed by atoms with E-state index >= 15 is 0 Å². The fourth-order valence-electron chi connectivity index (χ4n) is 4.50. The first-order valence-corrected chi connectivity index (χ1v) is 11.5. The van der Waals surface area contributed by atoms with E-state index in [4.69, 9.17) is 9.68 Å². The average Bonchev–Trinajstić information content (AvgIpc) is 3.60. The van der Waals surface area contributed by atoms with Crippen LogP contribution >= 0.6 is 0 Å². The highest BCUT2D eigenvalue weighted by Gasteiger charge is 2.33. The Morgan fingerprint density at radius 3 is 2.21 bits per heavy atom. The molecular weight excluding hydrogens is 476 g/mol. The summed E-state index contributed by atoms with van der Waals surface area (Å²) < 4.78 is 7.74. The Hall–Kier alpha value is -6.04. The van der Waals surface area contributed by atoms with E-state index in [1.807, 2.05) is 42.5 Å². The predicted octanol–water partition coefficient (Wildman–Crippen LogP) is 5.63. The van der Waals surface area contributed by atoms with Crippen LogP contribution < -0.4 is 0 Å². The van der Waals surface area contributed by atoms with Gasteiger partial charge in [-0.2, -0.15) is 25.8 Å². The third-order valence-corrected chi connectivity index (χ3v) is 6.23. The lowest BCUT2D eigenvalue weighted by atomic mass is 9.99. The lowest BCUT2D eigenvalue weighted by Gasteiger charge is -2.07. The van der Waals surface area contributed by atoms with E-state index in [1.165, 1.54) is 0 Å². The van der Waals surface area contributed by atoms with E-state index in [1.54, 1.807) is 59.2 Å². The Balaban J connectivity index is 1.58. The van der Waals surface area contributed by atoms with Crippen molar-refractivity contribution < 1.29 is 9.21 Å². The first kappa shape index (κ1) is 22.4. The smallest absolute Gasteiger partial charge is 0.267 e. The van der Waals surface area contributed by atoms with Gasteiger partial charge in [-0.25, -0.2) is 0 Å². The molecule has 0 saturated carbocycles. The van der Waals surface area contributed by atoms with Gasteiger partial charge in [0.15, 0.2) is 5.78 Å². The number of oxazole rings is 1. The second kappa shape index (κ2) is 8.87. The summed E-state index contributed by atoms with van der Waals surface area (Å²) in [5.41, 5.74) is 3.87. The van der Waals surface area contributed by atoms with Crippen LogP contribution in [0, 0.1) is 34.0 Å². The molecule has 2 aromatic heterocycles. The van der Waals surface area contributed by atoms with E-state index in [9.17, 15) is 15.3 Å². The average molecular weight is 490 g/mol. The number of aromatic nitrogens is 3. The summed E-state index contributed by atoms with van der Waals surface area (Å²) in [6.45, 7) is 0. The van der Waals surface area contributed by atoms with Gasteiger partial charge in [0.25, 0.3) is 5.71 Å². The third-order valence-electron chi connectivity index (χ3n) is 6.23. The van der Waals surface area contributed by atoms with Crippen LogP contribution in [-0.4, -0.2) is 20.3 Å². The number of para-hydroxylation sites is 1. The molecule has 5 aromatic rings. The minimum Gasteiger partial charge on any atom is -0.416 e. The van der Waals surface area contributed by atoms with Gasteiger partial charge in [0.2, 0.25) is 11.5 Å². The summed E-state index contributed by atoms with van der Waals surface area (Å²) in [7, 11) is 0. The third kappa shape index (κ3) is 3.48. The van der Waals surface area contributed by atoms with Crippen LogP contribution in [-0.2, 0) is 0 Å². The molecular formula is C30H14N6O2. The van der Waals surface area contributed by atoms with Gasteiger partial charge in [0.05, 0.1) is 11.6 Å². The normalized spacial score (nSPS) is 13.2. The molecule has 8 heteroatoms. The van der Waals surface area contributed by atoms with Crippen molar-refractivity contribution in [2.75, 3.05) is 0 Å². The van der Waals surface area contributed by atoms with Gasteiger partial charge < -0.3 is 4.42 Å². The first-order chi connectivity index (χ1) is 18.6. The topological polar surface area (TPSA) is 132 Å². The molecule has 2 heterocycles. The van der Waals surface area contributed by atoms with Crippen LogP contribution in [0.2, 0.25) is 0 Å². The largest absolute Gasteiger partial charge is 0.416 e. The van der Waals surface area contributed by atoms with Crippen LogP contribution in [0.25, 0.3) is 40.2 Å². The predicted molar refractivity (Wildman–Crippen MR) is 138 cm³/mol. The quantitative estimate of drug-likeness (QED) is 0.236. The lowest BCUT2D eigenvalue weighted by molar-refractivity contribution is 0.104. The summed E-state index contributed by atoms with van der Waals surface area (Å²) in [6, 6.07) is 29.0. The van der Waals surface area contributed by atoms with Gasteiger partial charge in [0.1, 0.15) is 23.5 Å². The number of nitrogens with zero attached hydrogens (tertiary/aromatic N) is 6. The fraction of sp³-hybridized carbons (Fsp3) is 0. The van der Waals surface area contributed by atoms with Gasteiger partial charge in [-0.05, 0) is 48.0 Å². The van der Waals surface area contributed by atoms with E-state index in [-0.39, 0.29) is 28.2 Å². The van der Waals surface area contributed by atoms with Crippen LogP contribution in [0.5, 0.6) is 0 Å². The van der Waals surface area contributed by atoms with E-state index in [2.05, 4.69) is 16.0 Å². The number of hydrogen-bond donors (Lipinski definition) is 0. The van der Waals surface area contributed by atoms with Crippen molar-refractivity contribution in [2.45, 2.75) is 0 Å². The number of nitriles is 3. The summed E-state index contributed by atoms with van der Waals surface area (Å²) in [5, 5.41) is 28.4. The van der Waals surface area contributed by atoms with Gasteiger partial charge in [-0.3, -0.25) is 9.36 Å². The van der Waals surface area contributed by atoms with Gasteiger partial charge in [-0.15, -0.1) is 0 Å². The SMILES string of the molecule is N#CC(C#N)=C1/C(=C/c2nc3oc(-c4ccc(C#N)cc4)nc3n2-c2ccccc2)C(=O)c2ccccc21. The molecule has 0 aliphatic heterocycles. The first-order valence-electron chi connectivity index (χ1n) is 11.5. The standard InChI is InChI=1S/C30H14N6O2/c31-15-18-10-12-19(13-11-18)29-35-28-30(38-29)34-25(36(28)21-6-2-1-3-7-21)14-24-26(20(16-32)17-33)22-8-4-5-9-23(22)27(24)37/h1-14H/b24-14-. The minimum atomic E-state index is -0.302. The fourth-order valence-corrected chi connectivity index (χ4v) is 4.50. The molecule has 0 atom stereocenters. The zero-order chi connectivity index (χ0) is 26.2. The number of Topliss-reactive ketones (excluding diaryl/α,β-unsaturated/α-hetero) is 1. The van der Waals surface area contributed by atoms with Crippen molar-refractivity contribution in [1.82, 2.24) is 14.5 Å². The number of imidazole rings is 1. The molecule has 38 heavy (non-hydrogen) atoms. The highest BCUT2D eigenvalue weighted by Crippen LogP contribution is 2.40. The number of benzene rings is 3. The molecule has 0 unspecified atom stereocenters. The van der Waals surface area contributed by atoms with Crippen LogP contribution in [0.15, 0.2) is 94.4 Å². The van der Waals surface area contributed by atoms with Crippen molar-refractivity contribution in [3.63, 3.8) is 0 Å². The maximum atomic E-state index is 13.4. The molecule has 0 amide bonds. The van der Waals surface area contributed by atoms with Crippen molar-refractivity contribution >= 4 is 28.8 Å². The van der Waals surface area contributed by atoms with Gasteiger partial charge >= 0.3 is 0 Å². The van der Waals surface area contributed by atoms with Crippen molar-refractivity contribution in [3.05, 3.63) is 113 Å². The van der Waals surface area contributed by atoms with Crippen molar-refractivity contribution in [2.24, 2.45) is 0 Å². The Morgan fingerprint density at radius 2 is 1.53 bits per heavy atom. The molecule has 0 N–H and O–H groups in total. The number of ketones is 1. The highest BCUT2D eigenvalue weighted by molar-refractivity contribution is 6.29. The van der Waals surface area contributed by atoms with Crippen molar-refractivity contribution in [3.8, 4) is 35.3 Å². The molecule has 0 spiro atoms. The highest BCUT2D eigenvalue weighted by atomic mass is 16.4. The minimum absolute atomic E-state index is 0.155. The molecule has 3 aromatic carbocycles. The molecule has 176 valence electrons. The molecule has 0 fully saturated rings. The van der Waals surface area contributed by atoms with Crippen LogP contribution in [0.4, 0.5) is 0 Å². The summed E-state index contributed by atoms with van der Waals surface area (Å²) in [5.74, 6) is 0.383. The second-order valence-electron chi connectivity index (χ2n) is 8.38. The lowest BCUT2D eigenvalue weighted by Crippen LogP contribution is -2.01. The molecule has 0 saturated heterocycles. The Labute approximate surface area is 216 Å². The number of fused-ring (bicyclic) bond motifs is 2. The summed E-state index contributed by atoms with van der Waals surface area (Å²) >= 11 is 0. The summed E-state index contributed by atoms with van der Waals surface area (Å²) in [6.07, 6.45) is 1.57. The van der Waals surface area contributed by atoms with E-state index in [0.717, 1.165) is 5.69 Å². The van der Waals surface area contributed by atoms with Crippen LogP contribution in [0.3, 0.4) is 0 Å². The number of allylic oxidation sites excluding steroid dienone is 3. The van der Waals surface area contributed by atoms with Gasteiger partial charge in [0, 0.05) is 28.0 Å². The summed E-state index contributed by atoms with van der Waals surface area (Å²) in [4.78, 5) is 22.7. The molecule has 6 rings (SSSR count). The maximum Gasteiger partial charge on any atom is 0.267 e. The van der Waals surface area contributed by atoms with E-state index < -0.39 is 0 Å². The Morgan fingerprint density at radius 1 is 0.842 bits per heavy atom.